The maximum absolute atomic E-state index is 12.9. The van der Waals surface area contributed by atoms with Crippen molar-refractivity contribution >= 4 is 5.91 Å². The van der Waals surface area contributed by atoms with Gasteiger partial charge in [-0.2, -0.15) is 5.10 Å². The quantitative estimate of drug-likeness (QED) is 0.768. The van der Waals surface area contributed by atoms with Crippen molar-refractivity contribution in [2.24, 2.45) is 0 Å². The number of ether oxygens (including phenoxy) is 1. The van der Waals surface area contributed by atoms with Gasteiger partial charge in [0.1, 0.15) is 5.75 Å². The zero-order chi connectivity index (χ0) is 22.1. The van der Waals surface area contributed by atoms with Crippen molar-refractivity contribution in [2.75, 3.05) is 13.1 Å². The average Bonchev–Trinajstić information content (AvgIpc) is 2.70. The third-order valence-corrected chi connectivity index (χ3v) is 5.85. The highest BCUT2D eigenvalue weighted by atomic mass is 16.5. The normalized spacial score (nSPS) is 16.4. The number of likely N-dealkylation sites (tertiary alicyclic amines) is 1. The second-order valence-corrected chi connectivity index (χ2v) is 9.31. The highest BCUT2D eigenvalue weighted by Crippen LogP contribution is 2.24. The van der Waals surface area contributed by atoms with E-state index in [1.54, 1.807) is 17.7 Å². The summed E-state index contributed by atoms with van der Waals surface area (Å²) in [6, 6.07) is 9.29. The number of aromatic nitrogens is 2. The fourth-order valence-electron chi connectivity index (χ4n) is 3.72. The summed E-state index contributed by atoms with van der Waals surface area (Å²) < 4.78 is 7.50. The summed E-state index contributed by atoms with van der Waals surface area (Å²) in [4.78, 5) is 27.1. The van der Waals surface area contributed by atoms with E-state index in [2.05, 4.69) is 32.8 Å². The number of carbonyl (C=O) groups is 1. The number of hydrogen-bond donors (Lipinski definition) is 0. The highest BCUT2D eigenvalue weighted by molar-refractivity contribution is 5.81. The van der Waals surface area contributed by atoms with Gasteiger partial charge in [0.15, 0.2) is 6.10 Å². The van der Waals surface area contributed by atoms with Crippen LogP contribution in [0, 0.1) is 13.8 Å². The number of hydrogen-bond acceptors (Lipinski definition) is 4. The van der Waals surface area contributed by atoms with Gasteiger partial charge in [-0.15, -0.1) is 0 Å². The van der Waals surface area contributed by atoms with Gasteiger partial charge in [-0.3, -0.25) is 9.59 Å². The molecular weight excluding hydrogens is 378 g/mol. The molecule has 1 saturated heterocycles. The molecule has 2 heterocycles. The van der Waals surface area contributed by atoms with Gasteiger partial charge in [-0.05, 0) is 62.9 Å². The summed E-state index contributed by atoms with van der Waals surface area (Å²) in [7, 11) is 0. The zero-order valence-corrected chi connectivity index (χ0v) is 18.9. The molecule has 0 spiro atoms. The Labute approximate surface area is 178 Å². The van der Waals surface area contributed by atoms with Crippen molar-refractivity contribution < 1.29 is 9.53 Å². The molecule has 30 heavy (non-hydrogen) atoms. The van der Waals surface area contributed by atoms with E-state index in [-0.39, 0.29) is 22.9 Å². The molecule has 1 aliphatic rings. The number of amides is 1. The monoisotopic (exact) mass is 411 g/mol. The lowest BCUT2D eigenvalue weighted by Gasteiger charge is -2.34. The summed E-state index contributed by atoms with van der Waals surface area (Å²) in [6.07, 6.45) is 0.874. The molecule has 0 bridgehead atoms. The van der Waals surface area contributed by atoms with Crippen molar-refractivity contribution in [2.45, 2.75) is 71.9 Å². The maximum atomic E-state index is 12.9. The summed E-state index contributed by atoms with van der Waals surface area (Å²) in [6.45, 7) is 13.3. The first kappa shape index (κ1) is 22.1. The van der Waals surface area contributed by atoms with Crippen LogP contribution in [0.25, 0.3) is 0 Å². The molecule has 1 aromatic heterocycles. The smallest absolute Gasteiger partial charge is 0.267 e. The topological polar surface area (TPSA) is 64.4 Å². The largest absolute Gasteiger partial charge is 0.481 e. The first-order valence-electron chi connectivity index (χ1n) is 10.7. The molecule has 6 heteroatoms. The van der Waals surface area contributed by atoms with Crippen LogP contribution in [0.1, 0.15) is 63.4 Å². The number of carbonyl (C=O) groups excluding carboxylic acids is 1. The third kappa shape index (κ3) is 4.91. The molecule has 3 rings (SSSR count). The van der Waals surface area contributed by atoms with E-state index in [0.29, 0.717) is 31.7 Å². The number of benzene rings is 1. The average molecular weight is 412 g/mol. The highest BCUT2D eigenvalue weighted by Gasteiger charge is 2.29. The van der Waals surface area contributed by atoms with Crippen LogP contribution in [0.5, 0.6) is 5.75 Å². The summed E-state index contributed by atoms with van der Waals surface area (Å²) >= 11 is 0. The van der Waals surface area contributed by atoms with E-state index in [9.17, 15) is 9.59 Å². The molecule has 1 aliphatic heterocycles. The molecule has 162 valence electrons. The Morgan fingerprint density at radius 3 is 2.37 bits per heavy atom. The van der Waals surface area contributed by atoms with Gasteiger partial charge in [0, 0.05) is 24.6 Å². The van der Waals surface area contributed by atoms with E-state index >= 15 is 0 Å². The SMILES string of the molecule is Cc1ccc(OC(C)C(=O)N2CCC(n3nc(C(C)(C)C)ccc3=O)CC2)cc1C. The van der Waals surface area contributed by atoms with Crippen molar-refractivity contribution in [3.05, 3.63) is 57.5 Å². The van der Waals surface area contributed by atoms with Crippen LogP contribution in [-0.4, -0.2) is 39.8 Å². The minimum atomic E-state index is -0.547. The fraction of sp³-hybridized carbons (Fsp3) is 0.542. The van der Waals surface area contributed by atoms with E-state index in [1.807, 2.05) is 36.1 Å². The molecule has 1 atom stereocenters. The van der Waals surface area contributed by atoms with Crippen molar-refractivity contribution in [1.29, 1.82) is 0 Å². The Balaban J connectivity index is 1.63. The molecule has 1 aromatic carbocycles. The second-order valence-electron chi connectivity index (χ2n) is 9.31. The molecular formula is C24H33N3O3. The third-order valence-electron chi connectivity index (χ3n) is 5.85. The molecule has 0 radical (unpaired) electrons. The number of piperidine rings is 1. The van der Waals surface area contributed by atoms with Crippen LogP contribution in [-0.2, 0) is 10.2 Å². The van der Waals surface area contributed by atoms with Crippen LogP contribution in [0.15, 0.2) is 35.1 Å². The predicted octanol–water partition coefficient (Wildman–Crippen LogP) is 3.79. The molecule has 2 aromatic rings. The maximum Gasteiger partial charge on any atom is 0.267 e. The van der Waals surface area contributed by atoms with Gasteiger partial charge in [-0.25, -0.2) is 4.68 Å². The van der Waals surface area contributed by atoms with Gasteiger partial charge in [0.2, 0.25) is 0 Å². The van der Waals surface area contributed by atoms with Crippen LogP contribution >= 0.6 is 0 Å². The molecule has 6 nitrogen and oxygen atoms in total. The minimum Gasteiger partial charge on any atom is -0.481 e. The summed E-state index contributed by atoms with van der Waals surface area (Å²) in [5.74, 6) is 0.694. The Bertz CT molecular complexity index is 966. The van der Waals surface area contributed by atoms with Crippen LogP contribution in [0.3, 0.4) is 0 Å². The first-order chi connectivity index (χ1) is 14.1. The number of aryl methyl sites for hydroxylation is 2. The second kappa shape index (κ2) is 8.62. The zero-order valence-electron chi connectivity index (χ0n) is 18.9. The Morgan fingerprint density at radius 1 is 1.10 bits per heavy atom. The molecule has 1 fully saturated rings. The first-order valence-corrected chi connectivity index (χ1v) is 10.7. The molecule has 0 aliphatic carbocycles. The Hall–Kier alpha value is -2.63. The minimum absolute atomic E-state index is 0.0137. The molecule has 1 amide bonds. The van der Waals surface area contributed by atoms with Gasteiger partial charge in [0.05, 0.1) is 11.7 Å². The lowest BCUT2D eigenvalue weighted by molar-refractivity contribution is -0.139. The van der Waals surface area contributed by atoms with Crippen LogP contribution < -0.4 is 10.3 Å². The van der Waals surface area contributed by atoms with Gasteiger partial charge >= 0.3 is 0 Å². The van der Waals surface area contributed by atoms with Crippen LogP contribution in [0.4, 0.5) is 0 Å². The summed E-state index contributed by atoms with van der Waals surface area (Å²) in [5, 5.41) is 4.62. The van der Waals surface area contributed by atoms with Gasteiger partial charge < -0.3 is 9.64 Å². The molecule has 1 unspecified atom stereocenters. The standard InChI is InChI=1S/C24H33N3O3/c1-16-7-8-20(15-17(16)2)30-18(3)23(29)26-13-11-19(12-14-26)27-22(28)10-9-21(25-27)24(4,5)6/h7-10,15,18-19H,11-14H2,1-6H3. The van der Waals surface area contributed by atoms with Crippen molar-refractivity contribution in [3.8, 4) is 5.75 Å². The van der Waals surface area contributed by atoms with E-state index < -0.39 is 6.10 Å². The lowest BCUT2D eigenvalue weighted by Crippen LogP contribution is -2.46. The van der Waals surface area contributed by atoms with Crippen molar-refractivity contribution in [3.63, 3.8) is 0 Å². The molecule has 0 saturated carbocycles. The van der Waals surface area contributed by atoms with Gasteiger partial charge in [0.25, 0.3) is 11.5 Å². The van der Waals surface area contributed by atoms with E-state index in [1.165, 1.54) is 5.56 Å². The van der Waals surface area contributed by atoms with Crippen molar-refractivity contribution in [1.82, 2.24) is 14.7 Å². The number of rotatable bonds is 4. The summed E-state index contributed by atoms with van der Waals surface area (Å²) in [5.41, 5.74) is 3.04. The predicted molar refractivity (Wildman–Crippen MR) is 118 cm³/mol. The Morgan fingerprint density at radius 2 is 1.77 bits per heavy atom. The number of nitrogens with zero attached hydrogens (tertiary/aromatic N) is 3. The lowest BCUT2D eigenvalue weighted by atomic mass is 9.92. The van der Waals surface area contributed by atoms with Crippen LogP contribution in [0.2, 0.25) is 0 Å². The van der Waals surface area contributed by atoms with Gasteiger partial charge in [-0.1, -0.05) is 26.8 Å². The Kier molecular flexibility index (Phi) is 6.34. The van der Waals surface area contributed by atoms with E-state index in [0.717, 1.165) is 11.3 Å². The molecule has 0 N–H and O–H groups in total. The fourth-order valence-corrected chi connectivity index (χ4v) is 3.72. The van der Waals surface area contributed by atoms with E-state index in [4.69, 9.17) is 4.74 Å².